The number of hydrogen-bond acceptors (Lipinski definition) is 3. The molecule has 1 heterocycles. The van der Waals surface area contributed by atoms with Gasteiger partial charge in [0.25, 0.3) is 0 Å². The molecule has 0 spiro atoms. The van der Waals surface area contributed by atoms with Gasteiger partial charge in [-0.1, -0.05) is 28.1 Å². The molecule has 1 aromatic heterocycles. The summed E-state index contributed by atoms with van der Waals surface area (Å²) < 4.78 is 8.10. The van der Waals surface area contributed by atoms with E-state index in [-0.39, 0.29) is 0 Å². The van der Waals surface area contributed by atoms with Gasteiger partial charge in [-0.25, -0.2) is 4.79 Å². The third-order valence-electron chi connectivity index (χ3n) is 2.86. The second-order valence-electron chi connectivity index (χ2n) is 6.08. The molecule has 2 rings (SSSR count). The van der Waals surface area contributed by atoms with Crippen molar-refractivity contribution in [3.8, 4) is 0 Å². The van der Waals surface area contributed by atoms with Crippen LogP contribution in [0.2, 0.25) is 0 Å². The number of rotatable bonds is 3. The molecule has 2 aromatic rings. The molecule has 0 bridgehead atoms. The molecule has 118 valence electrons. The van der Waals surface area contributed by atoms with E-state index >= 15 is 0 Å². The Morgan fingerprint density at radius 3 is 2.55 bits per heavy atom. The van der Waals surface area contributed by atoms with Gasteiger partial charge in [0.15, 0.2) is 5.82 Å². The van der Waals surface area contributed by atoms with Gasteiger partial charge in [-0.3, -0.25) is 10.00 Å². The summed E-state index contributed by atoms with van der Waals surface area (Å²) in [5.41, 5.74) is 1.58. The van der Waals surface area contributed by atoms with Crippen LogP contribution in [0.1, 0.15) is 32.0 Å². The normalized spacial score (nSPS) is 11.3. The molecule has 1 amide bonds. The highest BCUT2D eigenvalue weighted by Crippen LogP contribution is 2.15. The van der Waals surface area contributed by atoms with E-state index in [4.69, 9.17) is 4.74 Å². The minimum absolute atomic E-state index is 0.490. The van der Waals surface area contributed by atoms with Crippen molar-refractivity contribution in [2.24, 2.45) is 0 Å². The van der Waals surface area contributed by atoms with Gasteiger partial charge >= 0.3 is 6.09 Å². The van der Waals surface area contributed by atoms with Crippen molar-refractivity contribution in [3.05, 3.63) is 46.1 Å². The zero-order chi connectivity index (χ0) is 16.3. The largest absolute Gasteiger partial charge is 0.444 e. The van der Waals surface area contributed by atoms with Crippen molar-refractivity contribution < 1.29 is 9.53 Å². The van der Waals surface area contributed by atoms with Crippen LogP contribution in [-0.4, -0.2) is 21.5 Å². The Bertz CT molecular complexity index is 657. The van der Waals surface area contributed by atoms with Crippen molar-refractivity contribution in [1.82, 2.24) is 9.78 Å². The molecule has 0 aliphatic carbocycles. The minimum atomic E-state index is -0.529. The fourth-order valence-electron chi connectivity index (χ4n) is 1.90. The smallest absolute Gasteiger partial charge is 0.413 e. The number of benzene rings is 1. The summed E-state index contributed by atoms with van der Waals surface area (Å²) >= 11 is 3.42. The number of ether oxygens (including phenoxy) is 1. The second kappa shape index (κ2) is 6.52. The van der Waals surface area contributed by atoms with Crippen LogP contribution in [0, 0.1) is 6.92 Å². The summed E-state index contributed by atoms with van der Waals surface area (Å²) in [5.74, 6) is 0.490. The Morgan fingerprint density at radius 2 is 1.95 bits per heavy atom. The van der Waals surface area contributed by atoms with Crippen LogP contribution in [0.3, 0.4) is 0 Å². The highest BCUT2D eigenvalue weighted by Gasteiger charge is 2.17. The number of nitrogens with one attached hydrogen (secondary N) is 1. The highest BCUT2D eigenvalue weighted by atomic mass is 79.9. The standard InChI is InChI=1S/C16H20BrN3O2/c1-11-9-14(18-15(21)22-16(2,3)4)19-20(11)10-12-5-7-13(17)8-6-12/h5-9H,10H2,1-4H3,(H,18,19,21). The first kappa shape index (κ1) is 16.5. The Labute approximate surface area is 138 Å². The first-order valence-corrected chi connectivity index (χ1v) is 7.81. The zero-order valence-corrected chi connectivity index (χ0v) is 14.8. The molecule has 0 aliphatic rings. The van der Waals surface area contributed by atoms with Crippen LogP contribution >= 0.6 is 15.9 Å². The first-order chi connectivity index (χ1) is 10.2. The predicted octanol–water partition coefficient (Wildman–Crippen LogP) is 4.35. The molecule has 22 heavy (non-hydrogen) atoms. The predicted molar refractivity (Wildman–Crippen MR) is 90.1 cm³/mol. The number of carbonyl (C=O) groups is 1. The van der Waals surface area contributed by atoms with E-state index in [1.54, 1.807) is 0 Å². The average Bonchev–Trinajstić information content (AvgIpc) is 2.70. The SMILES string of the molecule is Cc1cc(NC(=O)OC(C)(C)C)nn1Cc1ccc(Br)cc1. The molecule has 1 aromatic carbocycles. The molecule has 0 saturated heterocycles. The summed E-state index contributed by atoms with van der Waals surface area (Å²) in [6, 6.07) is 9.88. The van der Waals surface area contributed by atoms with Crippen molar-refractivity contribution in [3.63, 3.8) is 0 Å². The van der Waals surface area contributed by atoms with Gasteiger partial charge in [0, 0.05) is 16.2 Å². The number of halogens is 1. The van der Waals surface area contributed by atoms with Gasteiger partial charge in [0.1, 0.15) is 5.60 Å². The number of nitrogens with zero attached hydrogens (tertiary/aromatic N) is 2. The molecule has 0 saturated carbocycles. The number of carbonyl (C=O) groups excluding carboxylic acids is 1. The Hall–Kier alpha value is -1.82. The lowest BCUT2D eigenvalue weighted by Gasteiger charge is -2.19. The lowest BCUT2D eigenvalue weighted by Crippen LogP contribution is -2.27. The molecule has 0 atom stereocenters. The topological polar surface area (TPSA) is 56.1 Å². The quantitative estimate of drug-likeness (QED) is 0.879. The number of aryl methyl sites for hydroxylation is 1. The third-order valence-corrected chi connectivity index (χ3v) is 3.38. The fraction of sp³-hybridized carbons (Fsp3) is 0.375. The molecular weight excluding hydrogens is 346 g/mol. The molecule has 0 fully saturated rings. The molecule has 0 unspecified atom stereocenters. The van der Waals surface area contributed by atoms with E-state index in [1.807, 2.05) is 62.7 Å². The first-order valence-electron chi connectivity index (χ1n) is 7.02. The number of amides is 1. The minimum Gasteiger partial charge on any atom is -0.444 e. The Balaban J connectivity index is 2.05. The van der Waals surface area contributed by atoms with Crippen LogP contribution < -0.4 is 5.32 Å². The number of anilines is 1. The zero-order valence-electron chi connectivity index (χ0n) is 13.2. The van der Waals surface area contributed by atoms with Crippen LogP contribution in [0.4, 0.5) is 10.6 Å². The molecular formula is C16H20BrN3O2. The van der Waals surface area contributed by atoms with Crippen LogP contribution in [-0.2, 0) is 11.3 Å². The monoisotopic (exact) mass is 365 g/mol. The highest BCUT2D eigenvalue weighted by molar-refractivity contribution is 9.10. The number of aromatic nitrogens is 2. The van der Waals surface area contributed by atoms with Crippen molar-refractivity contribution in [2.75, 3.05) is 5.32 Å². The van der Waals surface area contributed by atoms with E-state index < -0.39 is 11.7 Å². The summed E-state index contributed by atoms with van der Waals surface area (Å²) in [4.78, 5) is 11.8. The maximum Gasteiger partial charge on any atom is 0.413 e. The van der Waals surface area contributed by atoms with Gasteiger partial charge in [-0.05, 0) is 45.4 Å². The Morgan fingerprint density at radius 1 is 1.32 bits per heavy atom. The lowest BCUT2D eigenvalue weighted by molar-refractivity contribution is 0.0635. The summed E-state index contributed by atoms with van der Waals surface area (Å²) in [6.45, 7) is 8.07. The number of hydrogen-bond donors (Lipinski definition) is 1. The molecule has 6 heteroatoms. The van der Waals surface area contributed by atoms with E-state index in [0.29, 0.717) is 12.4 Å². The van der Waals surface area contributed by atoms with Crippen molar-refractivity contribution >= 4 is 27.8 Å². The van der Waals surface area contributed by atoms with Gasteiger partial charge in [-0.2, -0.15) is 5.10 Å². The summed E-state index contributed by atoms with van der Waals surface area (Å²) in [5, 5.41) is 7.04. The van der Waals surface area contributed by atoms with E-state index in [9.17, 15) is 4.79 Å². The molecule has 5 nitrogen and oxygen atoms in total. The second-order valence-corrected chi connectivity index (χ2v) is 7.00. The van der Waals surface area contributed by atoms with Crippen LogP contribution in [0.15, 0.2) is 34.8 Å². The maximum atomic E-state index is 11.8. The fourth-order valence-corrected chi connectivity index (χ4v) is 2.17. The van der Waals surface area contributed by atoms with E-state index in [2.05, 4.69) is 26.3 Å². The Kier molecular flexibility index (Phi) is 4.90. The summed E-state index contributed by atoms with van der Waals surface area (Å²) in [6.07, 6.45) is -0.499. The lowest BCUT2D eigenvalue weighted by atomic mass is 10.2. The van der Waals surface area contributed by atoms with Gasteiger partial charge < -0.3 is 4.74 Å². The van der Waals surface area contributed by atoms with Crippen molar-refractivity contribution in [1.29, 1.82) is 0 Å². The van der Waals surface area contributed by atoms with E-state index in [1.165, 1.54) is 0 Å². The maximum absolute atomic E-state index is 11.8. The van der Waals surface area contributed by atoms with Gasteiger partial charge in [0.05, 0.1) is 6.54 Å². The summed E-state index contributed by atoms with van der Waals surface area (Å²) in [7, 11) is 0. The molecule has 0 radical (unpaired) electrons. The van der Waals surface area contributed by atoms with Crippen molar-refractivity contribution in [2.45, 2.75) is 39.8 Å². The van der Waals surface area contributed by atoms with Gasteiger partial charge in [-0.15, -0.1) is 0 Å². The van der Waals surface area contributed by atoms with Crippen LogP contribution in [0.5, 0.6) is 0 Å². The average molecular weight is 366 g/mol. The van der Waals surface area contributed by atoms with E-state index in [0.717, 1.165) is 15.7 Å². The molecule has 0 aliphatic heterocycles. The van der Waals surface area contributed by atoms with Gasteiger partial charge in [0.2, 0.25) is 0 Å². The molecule has 1 N–H and O–H groups in total. The third kappa shape index (κ3) is 4.87. The van der Waals surface area contributed by atoms with Crippen LogP contribution in [0.25, 0.3) is 0 Å².